The number of rotatable bonds is 3. The van der Waals surface area contributed by atoms with Crippen molar-refractivity contribution in [1.82, 2.24) is 0 Å². The van der Waals surface area contributed by atoms with E-state index in [1.54, 1.807) is 60.7 Å². The number of para-hydroxylation sites is 1. The Hall–Kier alpha value is -3.93. The zero-order valence-corrected chi connectivity index (χ0v) is 14.0. The van der Waals surface area contributed by atoms with E-state index in [4.69, 9.17) is 0 Å². The zero-order valence-electron chi connectivity index (χ0n) is 14.0. The molecule has 0 fully saturated rings. The Morgan fingerprint density at radius 1 is 0.778 bits per heavy atom. The molecule has 3 aromatic carbocycles. The maximum atomic E-state index is 12.5. The number of anilines is 2. The van der Waals surface area contributed by atoms with Gasteiger partial charge in [0.1, 0.15) is 5.75 Å². The van der Waals surface area contributed by atoms with E-state index in [-0.39, 0.29) is 23.1 Å². The molecule has 0 spiro atoms. The Balaban J connectivity index is 1.55. The molecular weight excluding hydrogens is 344 g/mol. The van der Waals surface area contributed by atoms with Crippen molar-refractivity contribution in [2.45, 2.75) is 0 Å². The molecule has 0 atom stereocenters. The third-order valence-electron chi connectivity index (χ3n) is 4.33. The van der Waals surface area contributed by atoms with Gasteiger partial charge in [0.15, 0.2) is 0 Å². The summed E-state index contributed by atoms with van der Waals surface area (Å²) in [6.45, 7) is 0. The number of hydrogen-bond acceptors (Lipinski definition) is 4. The van der Waals surface area contributed by atoms with Crippen LogP contribution in [-0.4, -0.2) is 22.8 Å². The summed E-state index contributed by atoms with van der Waals surface area (Å²) in [5.41, 5.74) is 1.80. The van der Waals surface area contributed by atoms with Gasteiger partial charge in [0.05, 0.1) is 22.4 Å². The first-order valence-electron chi connectivity index (χ1n) is 8.23. The second-order valence-electron chi connectivity index (χ2n) is 6.01. The predicted octanol–water partition coefficient (Wildman–Crippen LogP) is 3.45. The smallest absolute Gasteiger partial charge is 0.266 e. The number of nitrogens with one attached hydrogen (secondary N) is 1. The Labute approximate surface area is 154 Å². The van der Waals surface area contributed by atoms with Crippen LogP contribution in [0.2, 0.25) is 0 Å². The maximum absolute atomic E-state index is 12.5. The summed E-state index contributed by atoms with van der Waals surface area (Å²) in [6, 6.07) is 19.3. The number of carbonyl (C=O) groups is 3. The van der Waals surface area contributed by atoms with Crippen LogP contribution < -0.4 is 10.2 Å². The van der Waals surface area contributed by atoms with Crippen LogP contribution in [-0.2, 0) is 0 Å². The van der Waals surface area contributed by atoms with E-state index in [0.717, 1.165) is 4.90 Å². The molecular formula is C21H14N2O4. The molecule has 3 amide bonds. The minimum atomic E-state index is -0.457. The summed E-state index contributed by atoms with van der Waals surface area (Å²) < 4.78 is 0. The number of phenolic OH excluding ortho intramolecular Hbond substituents is 1. The van der Waals surface area contributed by atoms with E-state index >= 15 is 0 Å². The number of fused-ring (bicyclic) bond motifs is 1. The van der Waals surface area contributed by atoms with Crippen LogP contribution in [0.4, 0.5) is 11.4 Å². The van der Waals surface area contributed by atoms with Crippen LogP contribution in [0.3, 0.4) is 0 Å². The molecule has 132 valence electrons. The van der Waals surface area contributed by atoms with Crippen molar-refractivity contribution in [1.29, 1.82) is 0 Å². The molecule has 1 aliphatic rings. The maximum Gasteiger partial charge on any atom is 0.266 e. The predicted molar refractivity (Wildman–Crippen MR) is 100 cm³/mol. The van der Waals surface area contributed by atoms with Gasteiger partial charge in [0.25, 0.3) is 17.7 Å². The molecule has 0 aliphatic carbocycles. The van der Waals surface area contributed by atoms with Crippen LogP contribution in [0.5, 0.6) is 5.75 Å². The van der Waals surface area contributed by atoms with E-state index in [2.05, 4.69) is 5.32 Å². The van der Waals surface area contributed by atoms with E-state index in [1.807, 2.05) is 0 Å². The summed E-state index contributed by atoms with van der Waals surface area (Å²) in [5, 5.41) is 12.4. The minimum Gasteiger partial charge on any atom is -0.507 e. The fourth-order valence-electron chi connectivity index (χ4n) is 2.98. The molecule has 0 saturated carbocycles. The quantitative estimate of drug-likeness (QED) is 0.702. The molecule has 0 unspecified atom stereocenters. The van der Waals surface area contributed by atoms with Gasteiger partial charge in [-0.3, -0.25) is 14.4 Å². The lowest BCUT2D eigenvalue weighted by Crippen LogP contribution is -2.29. The molecule has 3 aromatic rings. The standard InChI is InChI=1S/C21H14N2O4/c24-18-8-4-3-7-17(18)19(25)22-13-9-11-14(12-10-13)23-20(26)15-5-1-2-6-16(15)21(23)27/h1-12,24H,(H,22,25). The number of aromatic hydroxyl groups is 1. The first kappa shape index (κ1) is 16.5. The van der Waals surface area contributed by atoms with Gasteiger partial charge >= 0.3 is 0 Å². The molecule has 0 aromatic heterocycles. The summed E-state index contributed by atoms with van der Waals surface area (Å²) in [7, 11) is 0. The van der Waals surface area contributed by atoms with Crippen molar-refractivity contribution in [3.8, 4) is 5.75 Å². The fourth-order valence-corrected chi connectivity index (χ4v) is 2.98. The van der Waals surface area contributed by atoms with Crippen LogP contribution in [0.25, 0.3) is 0 Å². The first-order valence-corrected chi connectivity index (χ1v) is 8.23. The molecule has 0 saturated heterocycles. The highest BCUT2D eigenvalue weighted by Crippen LogP contribution is 2.29. The van der Waals surface area contributed by atoms with E-state index in [0.29, 0.717) is 22.5 Å². The number of hydrogen-bond donors (Lipinski definition) is 2. The fraction of sp³-hybridized carbons (Fsp3) is 0. The lowest BCUT2D eigenvalue weighted by Gasteiger charge is -2.14. The number of carbonyl (C=O) groups excluding carboxylic acids is 3. The molecule has 6 nitrogen and oxygen atoms in total. The topological polar surface area (TPSA) is 86.7 Å². The van der Waals surface area contributed by atoms with Gasteiger partial charge in [-0.1, -0.05) is 24.3 Å². The largest absolute Gasteiger partial charge is 0.507 e. The van der Waals surface area contributed by atoms with Crippen molar-refractivity contribution in [2.24, 2.45) is 0 Å². The monoisotopic (exact) mass is 358 g/mol. The van der Waals surface area contributed by atoms with Crippen molar-refractivity contribution in [3.63, 3.8) is 0 Å². The summed E-state index contributed by atoms with van der Waals surface area (Å²) in [5.74, 6) is -1.32. The van der Waals surface area contributed by atoms with Gasteiger partial charge in [-0.2, -0.15) is 0 Å². The van der Waals surface area contributed by atoms with Gasteiger partial charge in [-0.05, 0) is 48.5 Å². The Kier molecular flexibility index (Phi) is 3.93. The number of benzene rings is 3. The second kappa shape index (κ2) is 6.42. The van der Waals surface area contributed by atoms with Crippen molar-refractivity contribution >= 4 is 29.1 Å². The Bertz CT molecular complexity index is 1040. The lowest BCUT2D eigenvalue weighted by atomic mass is 10.1. The first-order chi connectivity index (χ1) is 13.1. The molecule has 0 radical (unpaired) electrons. The highest BCUT2D eigenvalue weighted by molar-refractivity contribution is 6.34. The highest BCUT2D eigenvalue weighted by atomic mass is 16.3. The van der Waals surface area contributed by atoms with Gasteiger partial charge in [0.2, 0.25) is 0 Å². The van der Waals surface area contributed by atoms with Crippen LogP contribution in [0, 0.1) is 0 Å². The number of phenols is 1. The summed E-state index contributed by atoms with van der Waals surface area (Å²) in [4.78, 5) is 38.4. The number of amides is 3. The van der Waals surface area contributed by atoms with E-state index < -0.39 is 5.91 Å². The zero-order chi connectivity index (χ0) is 19.0. The Morgan fingerprint density at radius 3 is 1.93 bits per heavy atom. The number of imide groups is 1. The molecule has 27 heavy (non-hydrogen) atoms. The van der Waals surface area contributed by atoms with Crippen molar-refractivity contribution in [2.75, 3.05) is 10.2 Å². The van der Waals surface area contributed by atoms with Gasteiger partial charge in [-0.25, -0.2) is 4.90 Å². The molecule has 2 N–H and O–H groups in total. The van der Waals surface area contributed by atoms with E-state index in [1.165, 1.54) is 12.1 Å². The molecule has 6 heteroatoms. The van der Waals surface area contributed by atoms with E-state index in [9.17, 15) is 19.5 Å². The average Bonchev–Trinajstić information content (AvgIpc) is 2.94. The van der Waals surface area contributed by atoms with Crippen molar-refractivity contribution in [3.05, 3.63) is 89.5 Å². The van der Waals surface area contributed by atoms with Crippen molar-refractivity contribution < 1.29 is 19.5 Å². The average molecular weight is 358 g/mol. The van der Waals surface area contributed by atoms with Gasteiger partial charge in [0, 0.05) is 5.69 Å². The summed E-state index contributed by atoms with van der Waals surface area (Å²) >= 11 is 0. The second-order valence-corrected chi connectivity index (χ2v) is 6.01. The third kappa shape index (κ3) is 2.83. The molecule has 1 aliphatic heterocycles. The number of nitrogens with zero attached hydrogens (tertiary/aromatic N) is 1. The van der Waals surface area contributed by atoms with Crippen LogP contribution >= 0.6 is 0 Å². The van der Waals surface area contributed by atoms with Crippen LogP contribution in [0.1, 0.15) is 31.1 Å². The van der Waals surface area contributed by atoms with Gasteiger partial charge < -0.3 is 10.4 Å². The van der Waals surface area contributed by atoms with Gasteiger partial charge in [-0.15, -0.1) is 0 Å². The summed E-state index contributed by atoms with van der Waals surface area (Å²) in [6.07, 6.45) is 0. The SMILES string of the molecule is O=C(Nc1ccc(N2C(=O)c3ccccc3C2=O)cc1)c1ccccc1O. The minimum absolute atomic E-state index is 0.113. The third-order valence-corrected chi connectivity index (χ3v) is 4.33. The molecule has 4 rings (SSSR count). The lowest BCUT2D eigenvalue weighted by molar-refractivity contribution is 0.0924. The Morgan fingerprint density at radius 2 is 1.33 bits per heavy atom. The van der Waals surface area contributed by atoms with Crippen LogP contribution in [0.15, 0.2) is 72.8 Å². The normalized spacial score (nSPS) is 12.8. The highest BCUT2D eigenvalue weighted by Gasteiger charge is 2.36. The molecule has 0 bridgehead atoms. The molecule has 1 heterocycles.